The summed E-state index contributed by atoms with van der Waals surface area (Å²) >= 11 is 0. The predicted molar refractivity (Wildman–Crippen MR) is 116 cm³/mol. The molecule has 3 N–H and O–H groups in total. The van der Waals surface area contributed by atoms with Crippen molar-refractivity contribution in [3.05, 3.63) is 35.9 Å². The van der Waals surface area contributed by atoms with Crippen LogP contribution in [-0.4, -0.2) is 45.2 Å². The molecule has 3 aromatic rings. The molecule has 0 saturated carbocycles. The highest BCUT2D eigenvalue weighted by Crippen LogP contribution is 3.02. The minimum atomic E-state index is -10.2. The Labute approximate surface area is 212 Å². The molecule has 0 fully saturated rings. The number of aliphatic carboxylic acids is 1. The van der Waals surface area contributed by atoms with E-state index in [1.807, 2.05) is 0 Å². The van der Waals surface area contributed by atoms with Crippen LogP contribution in [0.3, 0.4) is 0 Å². The van der Waals surface area contributed by atoms with Gasteiger partial charge in [0.1, 0.15) is 10.9 Å². The van der Waals surface area contributed by atoms with E-state index in [9.17, 15) is 42.2 Å². The van der Waals surface area contributed by atoms with Crippen LogP contribution in [0.5, 0.6) is 5.88 Å². The number of halogens is 8. The molecule has 0 unspecified atom stereocenters. The van der Waals surface area contributed by atoms with Crippen molar-refractivity contribution in [2.24, 2.45) is 0 Å². The molecule has 1 aromatic carbocycles. The number of hydrogen-bond donors (Lipinski definition) is 2. The van der Waals surface area contributed by atoms with E-state index in [1.165, 1.54) is 12.1 Å². The van der Waals surface area contributed by atoms with Crippen molar-refractivity contribution >= 4 is 45.2 Å². The zero-order chi connectivity index (χ0) is 30.0. The molecular weight excluding hydrogens is 576 g/mol. The van der Waals surface area contributed by atoms with Crippen molar-refractivity contribution in [1.29, 1.82) is 0 Å². The van der Waals surface area contributed by atoms with Crippen molar-refractivity contribution in [3.8, 4) is 5.88 Å². The Morgan fingerprint density at radius 3 is 2.21 bits per heavy atom. The summed E-state index contributed by atoms with van der Waals surface area (Å²) in [5.41, 5.74) is 4.27. The van der Waals surface area contributed by atoms with Gasteiger partial charge in [-0.25, -0.2) is 0 Å². The first-order chi connectivity index (χ1) is 17.5. The second kappa shape index (κ2) is 9.82. The van der Waals surface area contributed by atoms with Crippen LogP contribution in [-0.2, 0) is 16.1 Å². The molecule has 11 nitrogen and oxygen atoms in total. The maximum Gasteiger partial charge on any atom is 0.430 e. The molecule has 0 aliphatic carbocycles. The molecule has 0 aliphatic rings. The maximum absolute atomic E-state index is 13.6. The van der Waals surface area contributed by atoms with E-state index in [1.54, 1.807) is 6.92 Å². The predicted octanol–water partition coefficient (Wildman–Crippen LogP) is 2.80. The van der Waals surface area contributed by atoms with Gasteiger partial charge in [0.05, 0.1) is 6.61 Å². The minimum Gasteiger partial charge on any atom is -0.542 e. The largest absolute Gasteiger partial charge is 0.542 e. The molecular formula is C19H18F8N6O5S. The number of hydrogen-bond acceptors (Lipinski definition) is 8. The van der Waals surface area contributed by atoms with Crippen molar-refractivity contribution in [1.82, 2.24) is 14.7 Å². The van der Waals surface area contributed by atoms with E-state index in [-0.39, 0.29) is 29.2 Å². The third-order valence-corrected chi connectivity index (χ3v) is 5.52. The number of carboxylic acids is 1. The van der Waals surface area contributed by atoms with Gasteiger partial charge in [-0.2, -0.15) is 13.2 Å². The number of amides is 1. The Morgan fingerprint density at radius 1 is 1.13 bits per heavy atom. The summed E-state index contributed by atoms with van der Waals surface area (Å²) in [6.07, 6.45) is -5.19. The number of anilines is 2. The van der Waals surface area contributed by atoms with Gasteiger partial charge in [-0.05, 0) is 35.3 Å². The van der Waals surface area contributed by atoms with Gasteiger partial charge in [0.25, 0.3) is 5.88 Å². The van der Waals surface area contributed by atoms with E-state index in [2.05, 4.69) is 15.5 Å². The molecule has 0 spiro atoms. The number of ketones is 1. The Bertz CT molecular complexity index is 1440. The number of carbonyl (C=O) groups is 3. The Hall–Kier alpha value is -4.23. The minimum absolute atomic E-state index is 0.0697. The highest BCUT2D eigenvalue weighted by molar-refractivity contribution is 8.45. The maximum atomic E-state index is 13.6. The van der Waals surface area contributed by atoms with Crippen LogP contribution < -0.4 is 25.6 Å². The van der Waals surface area contributed by atoms with Gasteiger partial charge < -0.3 is 25.7 Å². The Kier molecular flexibility index (Phi) is 7.80. The monoisotopic (exact) mass is 594 g/mol. The highest BCUT2D eigenvalue weighted by atomic mass is 32.5. The third kappa shape index (κ3) is 8.12. The average Bonchev–Trinajstić information content (AvgIpc) is 3.06. The van der Waals surface area contributed by atoms with E-state index in [0.29, 0.717) is 18.7 Å². The number of alkyl halides is 3. The SMILES string of the molecule is CCOc1ccc2n(n1)c(N)n[n+]2CC(=O)c1cc(NC(C)=O)ccc1S(F)(F)(F)(F)F.O=C([O-])C(F)(F)F. The number of fused-ring (bicyclic) bond motifs is 1. The number of nitrogen functional groups attached to an aromatic ring is 1. The molecule has 0 radical (unpaired) electrons. The molecule has 0 atom stereocenters. The molecule has 2 heterocycles. The van der Waals surface area contributed by atoms with Gasteiger partial charge in [0, 0.05) is 30.3 Å². The molecule has 216 valence electrons. The quantitative estimate of drug-likeness (QED) is 0.240. The lowest BCUT2D eigenvalue weighted by Gasteiger charge is -2.41. The molecule has 2 aromatic heterocycles. The van der Waals surface area contributed by atoms with E-state index in [0.717, 1.165) is 16.1 Å². The van der Waals surface area contributed by atoms with Crippen LogP contribution in [0.1, 0.15) is 24.2 Å². The summed E-state index contributed by atoms with van der Waals surface area (Å²) < 4.78 is 107. The second-order valence-electron chi connectivity index (χ2n) is 7.46. The number of carboxylic acid groups (broad SMARTS) is 1. The number of carbonyl (C=O) groups excluding carboxylic acids is 3. The Morgan fingerprint density at radius 2 is 1.72 bits per heavy atom. The molecule has 0 bridgehead atoms. The van der Waals surface area contributed by atoms with Crippen molar-refractivity contribution in [3.63, 3.8) is 0 Å². The topological polar surface area (TPSA) is 156 Å². The number of nitrogens with two attached hydrogens (primary N) is 1. The zero-order valence-electron chi connectivity index (χ0n) is 19.6. The number of nitrogens with zero attached hydrogens (tertiary/aromatic N) is 4. The number of nitrogens with one attached hydrogen (secondary N) is 1. The van der Waals surface area contributed by atoms with Crippen LogP contribution in [0.15, 0.2) is 35.2 Å². The van der Waals surface area contributed by atoms with Crippen molar-refractivity contribution in [2.45, 2.75) is 31.5 Å². The molecule has 20 heteroatoms. The second-order valence-corrected chi connectivity index (χ2v) is 9.84. The zero-order valence-corrected chi connectivity index (χ0v) is 20.5. The Balaban J connectivity index is 0.000000673. The molecule has 0 saturated heterocycles. The number of rotatable bonds is 7. The van der Waals surface area contributed by atoms with Crippen LogP contribution >= 0.6 is 10.2 Å². The lowest BCUT2D eigenvalue weighted by atomic mass is 10.1. The van der Waals surface area contributed by atoms with E-state index in [4.69, 9.17) is 20.4 Å². The summed E-state index contributed by atoms with van der Waals surface area (Å²) in [5, 5.41) is 18.8. The van der Waals surface area contributed by atoms with Crippen LogP contribution in [0.2, 0.25) is 0 Å². The van der Waals surface area contributed by atoms with Gasteiger partial charge >= 0.3 is 28.0 Å². The van der Waals surface area contributed by atoms with Crippen molar-refractivity contribution < 1.29 is 61.5 Å². The standard InChI is InChI=1S/C17H17F5N6O3S.C2HF3O2/c1-3-31-15-6-7-16-27(26-17(23)28(16)25-15)9-13(30)12-8-11(24-10(2)29)4-5-14(12)32(18,19,20,21)22;3-2(4,5)1(6)7/h4-8H,3,9H2,1-2H3,(H2-,23,24,25,26,29);(H,6,7). The van der Waals surface area contributed by atoms with Crippen molar-refractivity contribution in [2.75, 3.05) is 17.7 Å². The average molecular weight is 594 g/mol. The van der Waals surface area contributed by atoms with Gasteiger partial charge in [0.2, 0.25) is 11.7 Å². The molecule has 0 aliphatic heterocycles. The van der Waals surface area contributed by atoms with E-state index >= 15 is 0 Å². The fourth-order valence-corrected chi connectivity index (χ4v) is 3.82. The van der Waals surface area contributed by atoms with Gasteiger partial charge in [-0.15, -0.1) is 4.68 Å². The first-order valence-electron chi connectivity index (χ1n) is 10.2. The smallest absolute Gasteiger partial charge is 0.430 e. The summed E-state index contributed by atoms with van der Waals surface area (Å²) in [6, 6.07) is 4.07. The van der Waals surface area contributed by atoms with Crippen LogP contribution in [0, 0.1) is 0 Å². The highest BCUT2D eigenvalue weighted by Gasteiger charge is 2.67. The summed E-state index contributed by atoms with van der Waals surface area (Å²) in [7, 11) is -10.2. The first kappa shape index (κ1) is 31.0. The summed E-state index contributed by atoms with van der Waals surface area (Å²) in [4.78, 5) is 30.4. The molecule has 1 amide bonds. The van der Waals surface area contributed by atoms with E-state index < -0.39 is 51.1 Å². The normalized spacial score (nSPS) is 13.5. The van der Waals surface area contributed by atoms with Gasteiger partial charge in [0.15, 0.2) is 6.54 Å². The number of benzene rings is 1. The number of aromatic nitrogens is 4. The van der Waals surface area contributed by atoms with Gasteiger partial charge in [-0.3, -0.25) is 9.59 Å². The number of Topliss-reactive ketones (excluding diaryl/α,β-unsaturated/α-hetero) is 1. The lowest BCUT2D eigenvalue weighted by molar-refractivity contribution is -0.714. The molecule has 39 heavy (non-hydrogen) atoms. The fraction of sp³-hybridized carbons (Fsp3) is 0.263. The van der Waals surface area contributed by atoms with Gasteiger partial charge in [-0.1, -0.05) is 23.9 Å². The number of ether oxygens (including phenoxy) is 1. The molecule has 3 rings (SSSR count). The third-order valence-electron chi connectivity index (χ3n) is 4.33. The summed E-state index contributed by atoms with van der Waals surface area (Å²) in [6.45, 7) is 2.22. The lowest BCUT2D eigenvalue weighted by Crippen LogP contribution is -2.41. The first-order valence-corrected chi connectivity index (χ1v) is 12.1. The van der Waals surface area contributed by atoms with Crippen LogP contribution in [0.25, 0.3) is 5.65 Å². The summed E-state index contributed by atoms with van der Waals surface area (Å²) in [5.74, 6) is -5.04. The fourth-order valence-electron chi connectivity index (χ4n) is 2.91. The van der Waals surface area contributed by atoms with Crippen LogP contribution in [0.4, 0.5) is 44.2 Å².